The molecule has 94 valence electrons. The molecule has 18 heavy (non-hydrogen) atoms. The molecule has 3 heteroatoms. The molecule has 0 fully saturated rings. The minimum absolute atomic E-state index is 0.0189. The lowest BCUT2D eigenvalue weighted by Gasteiger charge is -2.02. The summed E-state index contributed by atoms with van der Waals surface area (Å²) in [7, 11) is 0. The maximum Gasteiger partial charge on any atom is 0.162 e. The van der Waals surface area contributed by atoms with Gasteiger partial charge in [-0.3, -0.25) is 4.79 Å². The van der Waals surface area contributed by atoms with Crippen LogP contribution in [0.4, 0.5) is 4.39 Å². The first-order chi connectivity index (χ1) is 8.66. The number of rotatable bonds is 5. The summed E-state index contributed by atoms with van der Waals surface area (Å²) >= 11 is 1.70. The van der Waals surface area contributed by atoms with Gasteiger partial charge in [0, 0.05) is 16.9 Å². The van der Waals surface area contributed by atoms with Crippen LogP contribution in [0.25, 0.3) is 0 Å². The Morgan fingerprint density at radius 2 is 2.17 bits per heavy atom. The van der Waals surface area contributed by atoms with Crippen molar-refractivity contribution in [2.45, 2.75) is 26.2 Å². The highest BCUT2D eigenvalue weighted by Gasteiger charge is 2.08. The molecular weight excluding hydrogens is 247 g/mol. The number of aryl methyl sites for hydroxylation is 2. The van der Waals surface area contributed by atoms with Gasteiger partial charge in [0.2, 0.25) is 0 Å². The molecule has 0 unspecified atom stereocenters. The second-order valence-electron chi connectivity index (χ2n) is 4.32. The molecule has 0 radical (unpaired) electrons. The van der Waals surface area contributed by atoms with E-state index in [-0.39, 0.29) is 11.6 Å². The van der Waals surface area contributed by atoms with E-state index in [9.17, 15) is 9.18 Å². The fraction of sp³-hybridized carbons (Fsp3) is 0.267. The molecule has 1 heterocycles. The predicted octanol–water partition coefficient (Wildman–Crippen LogP) is 4.40. The first-order valence-corrected chi connectivity index (χ1v) is 6.86. The Balaban J connectivity index is 1.89. The van der Waals surface area contributed by atoms with Crippen molar-refractivity contribution in [3.05, 3.63) is 57.5 Å². The fourth-order valence-electron chi connectivity index (χ4n) is 1.79. The summed E-state index contributed by atoms with van der Waals surface area (Å²) in [6, 6.07) is 8.77. The monoisotopic (exact) mass is 262 g/mol. The largest absolute Gasteiger partial charge is 0.294 e. The predicted molar refractivity (Wildman–Crippen MR) is 72.7 cm³/mol. The van der Waals surface area contributed by atoms with Crippen molar-refractivity contribution in [1.29, 1.82) is 0 Å². The second-order valence-corrected chi connectivity index (χ2v) is 5.35. The molecule has 0 atom stereocenters. The summed E-state index contributed by atoms with van der Waals surface area (Å²) in [5, 5.41) is 2.03. The van der Waals surface area contributed by atoms with Gasteiger partial charge in [-0.05, 0) is 42.8 Å². The minimum Gasteiger partial charge on any atom is -0.294 e. The molecule has 0 saturated heterocycles. The molecule has 0 bridgehead atoms. The van der Waals surface area contributed by atoms with Gasteiger partial charge >= 0.3 is 0 Å². The quantitative estimate of drug-likeness (QED) is 0.730. The topological polar surface area (TPSA) is 17.1 Å². The normalized spacial score (nSPS) is 10.6. The lowest BCUT2D eigenvalue weighted by molar-refractivity contribution is 0.0980. The zero-order valence-corrected chi connectivity index (χ0v) is 11.1. The molecule has 0 aliphatic rings. The molecule has 0 aliphatic carbocycles. The van der Waals surface area contributed by atoms with E-state index in [1.54, 1.807) is 30.4 Å². The molecule has 1 nitrogen and oxygen atoms in total. The van der Waals surface area contributed by atoms with Crippen molar-refractivity contribution >= 4 is 17.1 Å². The highest BCUT2D eigenvalue weighted by Crippen LogP contribution is 2.15. The van der Waals surface area contributed by atoms with Gasteiger partial charge in [-0.25, -0.2) is 4.39 Å². The Kier molecular flexibility index (Phi) is 4.26. The second kappa shape index (κ2) is 5.91. The third-order valence-electron chi connectivity index (χ3n) is 2.90. The van der Waals surface area contributed by atoms with Crippen LogP contribution in [0.1, 0.15) is 33.6 Å². The average Bonchev–Trinajstić information content (AvgIpc) is 2.85. The zero-order valence-electron chi connectivity index (χ0n) is 10.3. The molecule has 2 rings (SSSR count). The van der Waals surface area contributed by atoms with E-state index in [1.165, 1.54) is 10.9 Å². The fourth-order valence-corrected chi connectivity index (χ4v) is 2.54. The third-order valence-corrected chi connectivity index (χ3v) is 3.84. The van der Waals surface area contributed by atoms with Crippen molar-refractivity contribution in [2.75, 3.05) is 0 Å². The van der Waals surface area contributed by atoms with Crippen LogP contribution >= 0.6 is 11.3 Å². The molecule has 0 saturated carbocycles. The van der Waals surface area contributed by atoms with E-state index in [1.807, 2.05) is 11.4 Å². The number of hydrogen-bond acceptors (Lipinski definition) is 2. The maximum atomic E-state index is 13.3. The van der Waals surface area contributed by atoms with Crippen molar-refractivity contribution in [2.24, 2.45) is 0 Å². The molecule has 1 aromatic heterocycles. The van der Waals surface area contributed by atoms with Gasteiger partial charge in [0.1, 0.15) is 5.82 Å². The number of hydrogen-bond donors (Lipinski definition) is 0. The summed E-state index contributed by atoms with van der Waals surface area (Å²) < 4.78 is 13.3. The van der Waals surface area contributed by atoms with Crippen LogP contribution in [-0.2, 0) is 6.42 Å². The van der Waals surface area contributed by atoms with Crippen LogP contribution in [0.2, 0.25) is 0 Å². The molecule has 0 spiro atoms. The van der Waals surface area contributed by atoms with Gasteiger partial charge in [0.15, 0.2) is 5.78 Å². The summed E-state index contributed by atoms with van der Waals surface area (Å²) in [6.07, 6.45) is 2.20. The Labute approximate surface area is 110 Å². The lowest BCUT2D eigenvalue weighted by Crippen LogP contribution is -2.01. The van der Waals surface area contributed by atoms with E-state index in [4.69, 9.17) is 0 Å². The molecular formula is C15H15FOS. The van der Waals surface area contributed by atoms with E-state index in [2.05, 4.69) is 6.07 Å². The Morgan fingerprint density at radius 3 is 2.83 bits per heavy atom. The van der Waals surface area contributed by atoms with Gasteiger partial charge in [0.25, 0.3) is 0 Å². The van der Waals surface area contributed by atoms with Crippen molar-refractivity contribution in [1.82, 2.24) is 0 Å². The van der Waals surface area contributed by atoms with Crippen molar-refractivity contribution in [3.8, 4) is 0 Å². The molecule has 2 aromatic rings. The first kappa shape index (κ1) is 13.0. The van der Waals surface area contributed by atoms with Crippen LogP contribution in [0.3, 0.4) is 0 Å². The lowest BCUT2D eigenvalue weighted by atomic mass is 10.0. The SMILES string of the molecule is Cc1ccc(C(=O)CCCc2cccs2)cc1F. The maximum absolute atomic E-state index is 13.3. The van der Waals surface area contributed by atoms with Crippen molar-refractivity contribution in [3.63, 3.8) is 0 Å². The smallest absolute Gasteiger partial charge is 0.162 e. The number of carbonyl (C=O) groups is 1. The molecule has 0 amide bonds. The summed E-state index contributed by atoms with van der Waals surface area (Å²) in [6.45, 7) is 1.69. The third kappa shape index (κ3) is 3.26. The summed E-state index contributed by atoms with van der Waals surface area (Å²) in [5.74, 6) is -0.287. The van der Waals surface area contributed by atoms with Crippen LogP contribution in [-0.4, -0.2) is 5.78 Å². The van der Waals surface area contributed by atoms with Gasteiger partial charge in [0.05, 0.1) is 0 Å². The Morgan fingerprint density at radius 1 is 1.33 bits per heavy atom. The molecule has 0 aliphatic heterocycles. The van der Waals surface area contributed by atoms with Gasteiger partial charge in [-0.1, -0.05) is 18.2 Å². The Hall–Kier alpha value is -1.48. The summed E-state index contributed by atoms with van der Waals surface area (Å²) in [4.78, 5) is 13.2. The van der Waals surface area contributed by atoms with E-state index in [0.29, 0.717) is 17.5 Å². The number of thiophene rings is 1. The van der Waals surface area contributed by atoms with Gasteiger partial charge < -0.3 is 0 Å². The molecule has 0 N–H and O–H groups in total. The first-order valence-electron chi connectivity index (χ1n) is 5.98. The number of benzene rings is 1. The van der Waals surface area contributed by atoms with Gasteiger partial charge in [-0.2, -0.15) is 0 Å². The highest BCUT2D eigenvalue weighted by atomic mass is 32.1. The van der Waals surface area contributed by atoms with Crippen LogP contribution in [0.15, 0.2) is 35.7 Å². The van der Waals surface area contributed by atoms with E-state index < -0.39 is 0 Å². The Bertz CT molecular complexity index is 531. The zero-order chi connectivity index (χ0) is 13.0. The number of Topliss-reactive ketones (excluding diaryl/α,β-unsaturated/α-hetero) is 1. The van der Waals surface area contributed by atoms with Crippen LogP contribution in [0.5, 0.6) is 0 Å². The van der Waals surface area contributed by atoms with E-state index in [0.717, 1.165) is 12.8 Å². The number of carbonyl (C=O) groups excluding carboxylic acids is 1. The van der Waals surface area contributed by atoms with E-state index >= 15 is 0 Å². The number of ketones is 1. The highest BCUT2D eigenvalue weighted by molar-refractivity contribution is 7.09. The number of halogens is 1. The minimum atomic E-state index is -0.306. The van der Waals surface area contributed by atoms with Crippen LogP contribution < -0.4 is 0 Å². The standard InChI is InChI=1S/C15H15FOS/c1-11-7-8-12(10-14(11)16)15(17)6-2-4-13-5-3-9-18-13/h3,5,7-10H,2,4,6H2,1H3. The average molecular weight is 262 g/mol. The molecule has 1 aromatic carbocycles. The van der Waals surface area contributed by atoms with Crippen LogP contribution in [0, 0.1) is 12.7 Å². The van der Waals surface area contributed by atoms with Crippen molar-refractivity contribution < 1.29 is 9.18 Å². The van der Waals surface area contributed by atoms with Gasteiger partial charge in [-0.15, -0.1) is 11.3 Å². The summed E-state index contributed by atoms with van der Waals surface area (Å²) in [5.41, 5.74) is 1.05.